The Hall–Kier alpha value is -1.53. The minimum Gasteiger partial charge on any atom is -0.378 e. The van der Waals surface area contributed by atoms with Gasteiger partial charge >= 0.3 is 0 Å². The molecule has 1 fully saturated rings. The summed E-state index contributed by atoms with van der Waals surface area (Å²) in [5, 5.41) is 3.09. The van der Waals surface area contributed by atoms with Crippen molar-refractivity contribution in [1.82, 2.24) is 10.2 Å². The van der Waals surface area contributed by atoms with Gasteiger partial charge in [-0.05, 0) is 13.0 Å². The first-order chi connectivity index (χ1) is 10.1. The lowest BCUT2D eigenvalue weighted by Crippen LogP contribution is -2.41. The highest BCUT2D eigenvalue weighted by Gasteiger charge is 2.17. The summed E-state index contributed by atoms with van der Waals surface area (Å²) in [6, 6.07) is 3.25. The molecule has 1 aliphatic rings. The molecule has 0 aliphatic carbocycles. The van der Waals surface area contributed by atoms with Gasteiger partial charge in [0.1, 0.15) is 11.6 Å². The molecular weight excluding hydrogens is 278 g/mol. The molecule has 4 nitrogen and oxygen atoms in total. The van der Waals surface area contributed by atoms with Gasteiger partial charge in [-0.25, -0.2) is 8.78 Å². The molecule has 1 aromatic carbocycles. The maximum absolute atomic E-state index is 13.6. The van der Waals surface area contributed by atoms with Crippen LogP contribution in [0.2, 0.25) is 0 Å². The molecule has 21 heavy (non-hydrogen) atoms. The van der Waals surface area contributed by atoms with Crippen molar-refractivity contribution in [2.45, 2.75) is 19.4 Å². The van der Waals surface area contributed by atoms with Gasteiger partial charge in [-0.2, -0.15) is 0 Å². The van der Waals surface area contributed by atoms with Crippen LogP contribution in [-0.4, -0.2) is 43.7 Å². The van der Waals surface area contributed by atoms with Crippen LogP contribution in [0.4, 0.5) is 8.78 Å². The predicted octanol–water partition coefficient (Wildman–Crippen LogP) is 1.86. The van der Waals surface area contributed by atoms with E-state index in [0.29, 0.717) is 44.8 Å². The van der Waals surface area contributed by atoms with E-state index in [-0.39, 0.29) is 11.9 Å². The van der Waals surface area contributed by atoms with Crippen LogP contribution in [-0.2, 0) is 9.53 Å². The van der Waals surface area contributed by atoms with Crippen molar-refractivity contribution in [3.05, 3.63) is 35.4 Å². The van der Waals surface area contributed by atoms with Crippen molar-refractivity contribution in [3.8, 4) is 0 Å². The van der Waals surface area contributed by atoms with Crippen LogP contribution in [0, 0.1) is 11.6 Å². The first-order valence-corrected chi connectivity index (χ1v) is 7.12. The third-order valence-corrected chi connectivity index (χ3v) is 3.58. The molecule has 1 amide bonds. The first kappa shape index (κ1) is 15.9. The Morgan fingerprint density at radius 3 is 2.76 bits per heavy atom. The number of halogens is 2. The predicted molar refractivity (Wildman–Crippen MR) is 74.8 cm³/mol. The van der Waals surface area contributed by atoms with E-state index in [9.17, 15) is 13.6 Å². The molecule has 1 N–H and O–H groups in total. The number of morpholine rings is 1. The number of rotatable bonds is 5. The normalized spacial score (nSPS) is 16.8. The van der Waals surface area contributed by atoms with Crippen LogP contribution in [0.15, 0.2) is 18.2 Å². The summed E-state index contributed by atoms with van der Waals surface area (Å²) in [5.74, 6) is -1.10. The number of carbonyl (C=O) groups excluding carboxylic acids is 1. The monoisotopic (exact) mass is 298 g/mol. The highest BCUT2D eigenvalue weighted by molar-refractivity contribution is 5.76. The van der Waals surface area contributed by atoms with Gasteiger partial charge in [0.2, 0.25) is 5.91 Å². The fraction of sp³-hybridized carbons (Fsp3) is 0.533. The Kier molecular flexibility index (Phi) is 5.64. The number of benzene rings is 1. The number of amides is 1. The lowest BCUT2D eigenvalue weighted by molar-refractivity contribution is -0.135. The summed E-state index contributed by atoms with van der Waals surface area (Å²) >= 11 is 0. The van der Waals surface area contributed by atoms with Gasteiger partial charge in [0.15, 0.2) is 0 Å². The first-order valence-electron chi connectivity index (χ1n) is 7.12. The van der Waals surface area contributed by atoms with Crippen LogP contribution in [0.5, 0.6) is 0 Å². The maximum Gasteiger partial charge on any atom is 0.224 e. The van der Waals surface area contributed by atoms with Crippen LogP contribution >= 0.6 is 0 Å². The maximum atomic E-state index is 13.6. The number of nitrogens with zero attached hydrogens (tertiary/aromatic N) is 1. The lowest BCUT2D eigenvalue weighted by atomic mass is 10.1. The highest BCUT2D eigenvalue weighted by Crippen LogP contribution is 2.17. The van der Waals surface area contributed by atoms with Gasteiger partial charge in [-0.15, -0.1) is 0 Å². The molecule has 116 valence electrons. The Balaban J connectivity index is 1.78. The molecule has 1 heterocycles. The number of carbonyl (C=O) groups is 1. The van der Waals surface area contributed by atoms with Crippen molar-refractivity contribution >= 4 is 5.91 Å². The van der Waals surface area contributed by atoms with Gasteiger partial charge in [0.05, 0.1) is 13.2 Å². The Morgan fingerprint density at radius 1 is 1.38 bits per heavy atom. The molecule has 0 saturated carbocycles. The molecule has 6 heteroatoms. The second-order valence-corrected chi connectivity index (χ2v) is 5.08. The van der Waals surface area contributed by atoms with Gasteiger partial charge in [-0.1, -0.05) is 6.07 Å². The second kappa shape index (κ2) is 7.47. The lowest BCUT2D eigenvalue weighted by Gasteiger charge is -2.27. The van der Waals surface area contributed by atoms with Crippen molar-refractivity contribution in [2.24, 2.45) is 0 Å². The van der Waals surface area contributed by atoms with E-state index >= 15 is 0 Å². The third kappa shape index (κ3) is 4.47. The zero-order chi connectivity index (χ0) is 15.2. The molecule has 1 aliphatic heterocycles. The molecule has 0 bridgehead atoms. The number of ether oxygens (including phenoxy) is 1. The van der Waals surface area contributed by atoms with E-state index in [2.05, 4.69) is 5.32 Å². The molecule has 0 spiro atoms. The van der Waals surface area contributed by atoms with E-state index in [1.54, 1.807) is 11.8 Å². The molecule has 1 aromatic rings. The Bertz CT molecular complexity index is 491. The topological polar surface area (TPSA) is 41.6 Å². The second-order valence-electron chi connectivity index (χ2n) is 5.08. The number of hydrogen-bond acceptors (Lipinski definition) is 3. The molecule has 1 atom stereocenters. The average Bonchev–Trinajstić information content (AvgIpc) is 2.47. The summed E-state index contributed by atoms with van der Waals surface area (Å²) in [4.78, 5) is 13.7. The van der Waals surface area contributed by atoms with Gasteiger partial charge < -0.3 is 15.0 Å². The molecule has 1 saturated heterocycles. The minimum absolute atomic E-state index is 0.0672. The van der Waals surface area contributed by atoms with Crippen LogP contribution in [0.25, 0.3) is 0 Å². The Morgan fingerprint density at radius 2 is 2.10 bits per heavy atom. The largest absolute Gasteiger partial charge is 0.378 e. The summed E-state index contributed by atoms with van der Waals surface area (Å²) in [7, 11) is 0. The standard InChI is InChI=1S/C15H20F2N2O2/c1-11(13-3-2-12(16)10-14(13)17)18-5-4-15(20)19-6-8-21-9-7-19/h2-3,10-11,18H,4-9H2,1H3. The number of hydrogen-bond donors (Lipinski definition) is 1. The van der Waals surface area contributed by atoms with Crippen LogP contribution in [0.1, 0.15) is 24.9 Å². The fourth-order valence-corrected chi connectivity index (χ4v) is 2.33. The third-order valence-electron chi connectivity index (χ3n) is 3.58. The summed E-state index contributed by atoms with van der Waals surface area (Å²) in [6.07, 6.45) is 0.354. The SMILES string of the molecule is CC(NCCC(=O)N1CCOCC1)c1ccc(F)cc1F. The van der Waals surface area contributed by atoms with Gasteiger partial charge in [0, 0.05) is 43.7 Å². The van der Waals surface area contributed by atoms with Gasteiger partial charge in [0.25, 0.3) is 0 Å². The quantitative estimate of drug-likeness (QED) is 0.902. The van der Waals surface area contributed by atoms with E-state index in [0.717, 1.165) is 6.07 Å². The molecule has 0 radical (unpaired) electrons. The van der Waals surface area contributed by atoms with Gasteiger partial charge in [-0.3, -0.25) is 4.79 Å². The van der Waals surface area contributed by atoms with Crippen molar-refractivity contribution < 1.29 is 18.3 Å². The fourth-order valence-electron chi connectivity index (χ4n) is 2.33. The van der Waals surface area contributed by atoms with Crippen molar-refractivity contribution in [2.75, 3.05) is 32.8 Å². The van der Waals surface area contributed by atoms with Crippen molar-refractivity contribution in [1.29, 1.82) is 0 Å². The summed E-state index contributed by atoms with van der Waals surface area (Å²) in [5.41, 5.74) is 0.398. The minimum atomic E-state index is -0.592. The van der Waals surface area contributed by atoms with Crippen LogP contribution < -0.4 is 5.32 Å². The summed E-state index contributed by atoms with van der Waals surface area (Å²) < 4.78 is 31.7. The molecule has 0 aromatic heterocycles. The number of nitrogens with one attached hydrogen (secondary N) is 1. The van der Waals surface area contributed by atoms with E-state index in [1.165, 1.54) is 12.1 Å². The molecule has 2 rings (SSSR count). The zero-order valence-electron chi connectivity index (χ0n) is 12.1. The van der Waals surface area contributed by atoms with Crippen molar-refractivity contribution in [3.63, 3.8) is 0 Å². The van der Waals surface area contributed by atoms with E-state index in [4.69, 9.17) is 4.74 Å². The smallest absolute Gasteiger partial charge is 0.224 e. The Labute approximate surface area is 123 Å². The van der Waals surface area contributed by atoms with E-state index < -0.39 is 11.6 Å². The molecular formula is C15H20F2N2O2. The highest BCUT2D eigenvalue weighted by atomic mass is 19.1. The van der Waals surface area contributed by atoms with E-state index in [1.807, 2.05) is 0 Å². The molecule has 1 unspecified atom stereocenters. The average molecular weight is 298 g/mol. The zero-order valence-corrected chi connectivity index (χ0v) is 12.1. The van der Waals surface area contributed by atoms with Crippen LogP contribution in [0.3, 0.4) is 0 Å². The summed E-state index contributed by atoms with van der Waals surface area (Å²) in [6.45, 7) is 4.65.